The quantitative estimate of drug-likeness (QED) is 0.627. The van der Waals surface area contributed by atoms with Gasteiger partial charge >= 0.3 is 40.8 Å². The Morgan fingerprint density at radius 2 is 0.800 bits per heavy atom. The summed E-state index contributed by atoms with van der Waals surface area (Å²) in [6.07, 6.45) is -6.34. The zero-order valence-electron chi connectivity index (χ0n) is 10.7. The maximum atomic E-state index is 13.9. The number of alkyl halides is 14. The zero-order chi connectivity index (χ0) is 20.7. The highest BCUT2D eigenvalue weighted by Gasteiger charge is 3.04. The molecule has 17 heteroatoms. The van der Waals surface area contributed by atoms with Gasteiger partial charge in [0.15, 0.2) is 0 Å². The van der Waals surface area contributed by atoms with Crippen LogP contribution in [-0.2, 0) is 9.84 Å². The SMILES string of the molecule is O=S(=O)(CC(F)(F)F)C1(F)C(F)(F)C(F)(F)C(F)(F)C(F)(F)C1(F)F. The van der Waals surface area contributed by atoms with E-state index >= 15 is 0 Å². The van der Waals surface area contributed by atoms with Crippen molar-refractivity contribution in [2.24, 2.45) is 0 Å². The van der Waals surface area contributed by atoms with Gasteiger partial charge < -0.3 is 0 Å². The topological polar surface area (TPSA) is 34.1 Å². The second-order valence-electron chi connectivity index (χ2n) is 4.84. The summed E-state index contributed by atoms with van der Waals surface area (Å²) in [5.74, 6) is -43.1. The summed E-state index contributed by atoms with van der Waals surface area (Å²) in [7, 11) is -7.93. The van der Waals surface area contributed by atoms with Crippen molar-refractivity contribution in [1.29, 1.82) is 0 Å². The normalized spacial score (nSPS) is 29.2. The van der Waals surface area contributed by atoms with E-state index in [4.69, 9.17) is 0 Å². The Hall–Kier alpha value is -1.03. The van der Waals surface area contributed by atoms with Crippen LogP contribution in [-0.4, -0.2) is 55.0 Å². The van der Waals surface area contributed by atoms with Crippen molar-refractivity contribution in [3.63, 3.8) is 0 Å². The van der Waals surface area contributed by atoms with Gasteiger partial charge in [0, 0.05) is 0 Å². The maximum absolute atomic E-state index is 13.9. The molecule has 1 fully saturated rings. The molecule has 1 rings (SSSR count). The highest BCUT2D eigenvalue weighted by molar-refractivity contribution is 7.92. The second-order valence-corrected chi connectivity index (χ2v) is 6.92. The molecule has 0 radical (unpaired) electrons. The lowest BCUT2D eigenvalue weighted by atomic mass is 9.80. The number of halogens is 14. The van der Waals surface area contributed by atoms with Crippen molar-refractivity contribution < 1.29 is 69.9 Å². The van der Waals surface area contributed by atoms with Gasteiger partial charge in [-0.05, 0) is 0 Å². The number of hydrogen-bond acceptors (Lipinski definition) is 2. The Bertz CT molecular complexity index is 629. The summed E-state index contributed by atoms with van der Waals surface area (Å²) in [5, 5.41) is -7.70. The predicted octanol–water partition coefficient (Wildman–Crippen LogP) is 3.82. The minimum absolute atomic E-state index is 4.03. The van der Waals surface area contributed by atoms with Gasteiger partial charge in [0.25, 0.3) is 0 Å². The molecule has 0 aromatic heterocycles. The lowest BCUT2D eigenvalue weighted by Crippen LogP contribution is -2.85. The highest BCUT2D eigenvalue weighted by atomic mass is 32.2. The van der Waals surface area contributed by atoms with Crippen molar-refractivity contribution in [2.75, 3.05) is 5.75 Å². The predicted molar refractivity (Wildman–Crippen MR) is 48.4 cm³/mol. The fraction of sp³-hybridized carbons (Fsp3) is 1.00. The molecule has 1 aliphatic rings. The van der Waals surface area contributed by atoms with Gasteiger partial charge in [0.1, 0.15) is 5.75 Å². The lowest BCUT2D eigenvalue weighted by Gasteiger charge is -2.51. The summed E-state index contributed by atoms with van der Waals surface area (Å²) < 4.78 is 202. The monoisotopic (exact) mass is 428 g/mol. The standard InChI is InChI=1S/C8H2F14O2S/c9-2(10,11)1-25(23,24)8(22)6(18,19)4(14,15)3(12,13)5(16,17)7(8,20)21/h1H2. The first-order valence-electron chi connectivity index (χ1n) is 5.33. The third-order valence-electron chi connectivity index (χ3n) is 3.17. The molecule has 150 valence electrons. The van der Waals surface area contributed by atoms with Gasteiger partial charge in [-0.2, -0.15) is 57.1 Å². The van der Waals surface area contributed by atoms with E-state index in [9.17, 15) is 69.9 Å². The van der Waals surface area contributed by atoms with E-state index < -0.39 is 56.4 Å². The first-order chi connectivity index (χ1) is 10.5. The number of rotatable bonds is 2. The summed E-state index contributed by atoms with van der Waals surface area (Å²) in [6, 6.07) is 0. The molecule has 2 nitrogen and oxygen atoms in total. The molecular formula is C8H2F14O2S. The average molecular weight is 428 g/mol. The van der Waals surface area contributed by atoms with E-state index in [1.807, 2.05) is 0 Å². The van der Waals surface area contributed by atoms with Crippen LogP contribution in [0, 0.1) is 0 Å². The van der Waals surface area contributed by atoms with Crippen molar-refractivity contribution in [3.05, 3.63) is 0 Å². The summed E-state index contributed by atoms with van der Waals surface area (Å²) in [4.78, 5) is 0. The first kappa shape index (κ1) is 22.0. The minimum atomic E-state index is -7.93. The highest BCUT2D eigenvalue weighted by Crippen LogP contribution is 2.70. The molecule has 0 amide bonds. The van der Waals surface area contributed by atoms with Crippen LogP contribution in [0.25, 0.3) is 0 Å². The van der Waals surface area contributed by atoms with Crippen LogP contribution in [0.1, 0.15) is 0 Å². The van der Waals surface area contributed by atoms with Crippen molar-refractivity contribution in [2.45, 2.75) is 40.8 Å². The van der Waals surface area contributed by atoms with E-state index in [1.165, 1.54) is 0 Å². The lowest BCUT2D eigenvalue weighted by molar-refractivity contribution is -0.470. The Balaban J connectivity index is 3.97. The zero-order valence-corrected chi connectivity index (χ0v) is 11.5. The first-order valence-corrected chi connectivity index (χ1v) is 6.98. The minimum Gasteiger partial charge on any atom is -0.225 e. The molecule has 0 aromatic rings. The summed E-state index contributed by atoms with van der Waals surface area (Å²) in [6.45, 7) is 0. The van der Waals surface area contributed by atoms with Crippen LogP contribution in [0.4, 0.5) is 61.5 Å². The Morgan fingerprint density at radius 1 is 0.560 bits per heavy atom. The van der Waals surface area contributed by atoms with Crippen molar-refractivity contribution in [3.8, 4) is 0 Å². The largest absolute Gasteiger partial charge is 0.402 e. The van der Waals surface area contributed by atoms with Gasteiger partial charge in [-0.15, -0.1) is 0 Å². The molecular weight excluding hydrogens is 426 g/mol. The molecule has 0 unspecified atom stereocenters. The second kappa shape index (κ2) is 4.82. The molecule has 0 N–H and O–H groups in total. The van der Waals surface area contributed by atoms with Crippen LogP contribution in [0.3, 0.4) is 0 Å². The van der Waals surface area contributed by atoms with Gasteiger partial charge in [0.2, 0.25) is 9.84 Å². The third-order valence-corrected chi connectivity index (χ3v) is 5.24. The van der Waals surface area contributed by atoms with Crippen LogP contribution >= 0.6 is 0 Å². The Kier molecular flexibility index (Phi) is 4.24. The summed E-state index contributed by atoms with van der Waals surface area (Å²) >= 11 is 0. The van der Waals surface area contributed by atoms with Gasteiger partial charge in [-0.3, -0.25) is 0 Å². The molecule has 1 saturated carbocycles. The molecule has 1 aliphatic carbocycles. The fourth-order valence-corrected chi connectivity index (χ4v) is 3.57. The van der Waals surface area contributed by atoms with Crippen LogP contribution in [0.15, 0.2) is 0 Å². The molecule has 25 heavy (non-hydrogen) atoms. The average Bonchev–Trinajstić information content (AvgIpc) is 2.31. The molecule has 0 aromatic carbocycles. The van der Waals surface area contributed by atoms with Crippen LogP contribution in [0.2, 0.25) is 0 Å². The Labute approximate surface area is 127 Å². The molecule has 0 heterocycles. The smallest absolute Gasteiger partial charge is 0.225 e. The molecule has 0 spiro atoms. The number of sulfone groups is 1. The van der Waals surface area contributed by atoms with E-state index in [1.54, 1.807) is 0 Å². The van der Waals surface area contributed by atoms with Gasteiger partial charge in [-0.1, -0.05) is 0 Å². The van der Waals surface area contributed by atoms with Gasteiger partial charge in [-0.25, -0.2) is 12.8 Å². The molecule has 0 bridgehead atoms. The van der Waals surface area contributed by atoms with Crippen LogP contribution < -0.4 is 0 Å². The Morgan fingerprint density at radius 3 is 1.04 bits per heavy atom. The third kappa shape index (κ3) is 2.19. The maximum Gasteiger partial charge on any atom is 0.402 e. The fourth-order valence-electron chi connectivity index (χ4n) is 1.90. The van der Waals surface area contributed by atoms with E-state index in [-0.39, 0.29) is 0 Å². The van der Waals surface area contributed by atoms with Crippen LogP contribution in [0.5, 0.6) is 0 Å². The van der Waals surface area contributed by atoms with E-state index in [2.05, 4.69) is 0 Å². The molecule has 0 saturated heterocycles. The number of hydrogen-bond donors (Lipinski definition) is 0. The van der Waals surface area contributed by atoms with Crippen molar-refractivity contribution >= 4 is 9.84 Å². The van der Waals surface area contributed by atoms with E-state index in [0.29, 0.717) is 0 Å². The molecule has 0 atom stereocenters. The molecule has 0 aliphatic heterocycles. The van der Waals surface area contributed by atoms with E-state index in [0.717, 1.165) is 0 Å². The summed E-state index contributed by atoms with van der Waals surface area (Å²) in [5.41, 5.74) is 0. The van der Waals surface area contributed by atoms with Gasteiger partial charge in [0.05, 0.1) is 0 Å². The van der Waals surface area contributed by atoms with Crippen molar-refractivity contribution in [1.82, 2.24) is 0 Å².